The van der Waals surface area contributed by atoms with Gasteiger partial charge in [-0.25, -0.2) is 0 Å². The maximum absolute atomic E-state index is 4.47. The van der Waals surface area contributed by atoms with Crippen molar-refractivity contribution in [1.29, 1.82) is 0 Å². The first-order valence-corrected chi connectivity index (χ1v) is 7.33. The molecule has 0 spiro atoms. The molecule has 2 aromatic carbocycles. The monoisotopic (exact) mass is 277 g/mol. The van der Waals surface area contributed by atoms with E-state index in [4.69, 9.17) is 0 Å². The van der Waals surface area contributed by atoms with Gasteiger partial charge in [0.05, 0.1) is 11.3 Å². The minimum absolute atomic E-state index is 0.916. The van der Waals surface area contributed by atoms with E-state index in [9.17, 15) is 0 Å². The molecule has 0 unspecified atom stereocenters. The number of aromatic amines is 1. The summed E-state index contributed by atoms with van der Waals surface area (Å²) in [6.45, 7) is 3.07. The number of nitrogens with one attached hydrogen (secondary N) is 2. The van der Waals surface area contributed by atoms with Crippen LogP contribution in [0.1, 0.15) is 13.3 Å². The van der Waals surface area contributed by atoms with Crippen molar-refractivity contribution in [2.75, 3.05) is 11.9 Å². The Morgan fingerprint density at radius 1 is 0.905 bits per heavy atom. The molecule has 0 saturated heterocycles. The summed E-state index contributed by atoms with van der Waals surface area (Å²) >= 11 is 0. The molecule has 0 aliphatic carbocycles. The van der Waals surface area contributed by atoms with E-state index in [1.807, 2.05) is 24.3 Å². The smallest absolute Gasteiger partial charge is 0.156 e. The maximum Gasteiger partial charge on any atom is 0.156 e. The van der Waals surface area contributed by atoms with E-state index in [0.717, 1.165) is 35.6 Å². The van der Waals surface area contributed by atoms with Crippen molar-refractivity contribution in [2.24, 2.45) is 0 Å². The average Bonchev–Trinajstić information content (AvgIpc) is 2.98. The third-order valence-corrected chi connectivity index (χ3v) is 3.43. The molecule has 0 bridgehead atoms. The molecular formula is C18H19N3. The summed E-state index contributed by atoms with van der Waals surface area (Å²) < 4.78 is 0. The van der Waals surface area contributed by atoms with Crippen LogP contribution in [0.4, 0.5) is 5.82 Å². The van der Waals surface area contributed by atoms with Gasteiger partial charge in [0, 0.05) is 12.1 Å². The van der Waals surface area contributed by atoms with Gasteiger partial charge in [0.1, 0.15) is 0 Å². The van der Waals surface area contributed by atoms with Crippen LogP contribution >= 0.6 is 0 Å². The lowest BCUT2D eigenvalue weighted by molar-refractivity contribution is 0.961. The molecule has 0 saturated carbocycles. The number of aromatic nitrogens is 2. The molecule has 0 aliphatic rings. The summed E-state index contributed by atoms with van der Waals surface area (Å²) in [4.78, 5) is 0. The number of H-pyrrole nitrogens is 1. The molecule has 0 aliphatic heterocycles. The van der Waals surface area contributed by atoms with Crippen molar-refractivity contribution >= 4 is 5.82 Å². The SMILES string of the molecule is CCCNc1n[nH]c(-c2ccccc2)c1-c1ccccc1. The third-order valence-electron chi connectivity index (χ3n) is 3.43. The largest absolute Gasteiger partial charge is 0.368 e. The molecule has 2 N–H and O–H groups in total. The zero-order chi connectivity index (χ0) is 14.5. The number of anilines is 1. The zero-order valence-electron chi connectivity index (χ0n) is 12.1. The Bertz CT molecular complexity index is 687. The molecule has 1 aromatic heterocycles. The number of hydrogen-bond donors (Lipinski definition) is 2. The van der Waals surface area contributed by atoms with Gasteiger partial charge in [-0.2, -0.15) is 5.10 Å². The van der Waals surface area contributed by atoms with Gasteiger partial charge in [-0.05, 0) is 12.0 Å². The molecule has 1 heterocycles. The van der Waals surface area contributed by atoms with E-state index in [-0.39, 0.29) is 0 Å². The molecule has 3 aromatic rings. The minimum Gasteiger partial charge on any atom is -0.368 e. The topological polar surface area (TPSA) is 40.7 Å². The Labute approximate surface area is 125 Å². The summed E-state index contributed by atoms with van der Waals surface area (Å²) in [6.07, 6.45) is 1.07. The first-order valence-electron chi connectivity index (χ1n) is 7.33. The highest BCUT2D eigenvalue weighted by Gasteiger charge is 2.15. The van der Waals surface area contributed by atoms with E-state index in [1.165, 1.54) is 5.56 Å². The fourth-order valence-corrected chi connectivity index (χ4v) is 2.41. The molecule has 0 fully saturated rings. The molecule has 3 nitrogen and oxygen atoms in total. The Balaban J connectivity index is 2.11. The van der Waals surface area contributed by atoms with Gasteiger partial charge in [-0.3, -0.25) is 5.10 Å². The van der Waals surface area contributed by atoms with Gasteiger partial charge in [0.25, 0.3) is 0 Å². The van der Waals surface area contributed by atoms with Crippen LogP contribution in [-0.4, -0.2) is 16.7 Å². The second-order valence-corrected chi connectivity index (χ2v) is 4.98. The lowest BCUT2D eigenvalue weighted by atomic mass is 10.0. The molecule has 106 valence electrons. The lowest BCUT2D eigenvalue weighted by Crippen LogP contribution is -2.01. The second kappa shape index (κ2) is 6.27. The van der Waals surface area contributed by atoms with Crippen LogP contribution in [0.5, 0.6) is 0 Å². The van der Waals surface area contributed by atoms with Gasteiger partial charge in [-0.15, -0.1) is 0 Å². The molecular weight excluding hydrogens is 258 g/mol. The van der Waals surface area contributed by atoms with E-state index in [0.29, 0.717) is 0 Å². The van der Waals surface area contributed by atoms with Gasteiger partial charge in [0.15, 0.2) is 5.82 Å². The van der Waals surface area contributed by atoms with Crippen molar-refractivity contribution in [3.05, 3.63) is 60.7 Å². The second-order valence-electron chi connectivity index (χ2n) is 4.98. The standard InChI is InChI=1S/C18H19N3/c1-2-13-19-18-16(14-9-5-3-6-10-14)17(20-21-18)15-11-7-4-8-12-15/h3-12H,2,13H2,1H3,(H2,19,20,21). The molecule has 3 rings (SSSR count). The van der Waals surface area contributed by atoms with Crippen LogP contribution in [0.15, 0.2) is 60.7 Å². The molecule has 0 radical (unpaired) electrons. The Morgan fingerprint density at radius 3 is 2.14 bits per heavy atom. The fourth-order valence-electron chi connectivity index (χ4n) is 2.41. The first-order chi connectivity index (χ1) is 10.4. The van der Waals surface area contributed by atoms with Gasteiger partial charge in [0.2, 0.25) is 0 Å². The summed E-state index contributed by atoms with van der Waals surface area (Å²) in [5.41, 5.74) is 4.51. The van der Waals surface area contributed by atoms with E-state index < -0.39 is 0 Å². The molecule has 0 amide bonds. The third kappa shape index (κ3) is 2.82. The van der Waals surface area contributed by atoms with Crippen LogP contribution in [0.3, 0.4) is 0 Å². The number of nitrogens with zero attached hydrogens (tertiary/aromatic N) is 1. The Hall–Kier alpha value is -2.55. The van der Waals surface area contributed by atoms with Crippen LogP contribution in [0.2, 0.25) is 0 Å². The van der Waals surface area contributed by atoms with Crippen molar-refractivity contribution in [3.8, 4) is 22.4 Å². The van der Waals surface area contributed by atoms with E-state index in [2.05, 4.69) is 58.8 Å². The normalized spacial score (nSPS) is 10.5. The van der Waals surface area contributed by atoms with Crippen LogP contribution in [0, 0.1) is 0 Å². The maximum atomic E-state index is 4.47. The molecule has 3 heteroatoms. The summed E-state index contributed by atoms with van der Waals surface area (Å²) in [5, 5.41) is 11.1. The number of hydrogen-bond acceptors (Lipinski definition) is 2. The number of rotatable bonds is 5. The number of benzene rings is 2. The average molecular weight is 277 g/mol. The summed E-state index contributed by atoms with van der Waals surface area (Å²) in [6, 6.07) is 20.7. The van der Waals surface area contributed by atoms with Crippen LogP contribution in [0.25, 0.3) is 22.4 Å². The molecule has 21 heavy (non-hydrogen) atoms. The van der Waals surface area contributed by atoms with Crippen molar-refractivity contribution < 1.29 is 0 Å². The van der Waals surface area contributed by atoms with E-state index >= 15 is 0 Å². The van der Waals surface area contributed by atoms with Crippen molar-refractivity contribution in [1.82, 2.24) is 10.2 Å². The van der Waals surface area contributed by atoms with E-state index in [1.54, 1.807) is 0 Å². The predicted octanol–water partition coefficient (Wildman–Crippen LogP) is 4.57. The quantitative estimate of drug-likeness (QED) is 0.717. The summed E-state index contributed by atoms with van der Waals surface area (Å²) in [5.74, 6) is 0.918. The zero-order valence-corrected chi connectivity index (χ0v) is 12.1. The first kappa shape index (κ1) is 13.4. The van der Waals surface area contributed by atoms with Crippen molar-refractivity contribution in [2.45, 2.75) is 13.3 Å². The highest BCUT2D eigenvalue weighted by atomic mass is 15.2. The van der Waals surface area contributed by atoms with Crippen LogP contribution in [-0.2, 0) is 0 Å². The van der Waals surface area contributed by atoms with Crippen molar-refractivity contribution in [3.63, 3.8) is 0 Å². The Kier molecular flexibility index (Phi) is 4.01. The fraction of sp³-hybridized carbons (Fsp3) is 0.167. The van der Waals surface area contributed by atoms with Gasteiger partial charge >= 0.3 is 0 Å². The summed E-state index contributed by atoms with van der Waals surface area (Å²) in [7, 11) is 0. The highest BCUT2D eigenvalue weighted by Crippen LogP contribution is 2.35. The minimum atomic E-state index is 0.916. The van der Waals surface area contributed by atoms with Gasteiger partial charge in [-0.1, -0.05) is 67.6 Å². The molecule has 0 atom stereocenters. The Morgan fingerprint density at radius 2 is 1.52 bits per heavy atom. The van der Waals surface area contributed by atoms with Gasteiger partial charge < -0.3 is 5.32 Å². The predicted molar refractivity (Wildman–Crippen MR) is 88.2 cm³/mol. The lowest BCUT2D eigenvalue weighted by Gasteiger charge is -2.08. The van der Waals surface area contributed by atoms with Crippen LogP contribution < -0.4 is 5.32 Å². The highest BCUT2D eigenvalue weighted by molar-refractivity contribution is 5.88.